The lowest BCUT2D eigenvalue weighted by Crippen LogP contribution is -2.37. The summed E-state index contributed by atoms with van der Waals surface area (Å²) in [7, 11) is -1.36. The summed E-state index contributed by atoms with van der Waals surface area (Å²) >= 11 is 0. The van der Waals surface area contributed by atoms with Crippen molar-refractivity contribution in [3.05, 3.63) is 48.0 Å². The van der Waals surface area contributed by atoms with Crippen molar-refractivity contribution < 1.29 is 9.53 Å². The van der Waals surface area contributed by atoms with Gasteiger partial charge in [0, 0.05) is 19.5 Å². The van der Waals surface area contributed by atoms with Crippen LogP contribution in [0.4, 0.5) is 0 Å². The zero-order valence-corrected chi connectivity index (χ0v) is 16.8. The van der Waals surface area contributed by atoms with Crippen molar-refractivity contribution in [2.75, 3.05) is 6.54 Å². The first-order chi connectivity index (χ1) is 11.8. The number of hydrogen-bond donors (Lipinski definition) is 0. The van der Waals surface area contributed by atoms with Crippen molar-refractivity contribution in [1.82, 2.24) is 4.90 Å². The van der Waals surface area contributed by atoms with Gasteiger partial charge in [0.05, 0.1) is 6.54 Å². The molecule has 0 aliphatic heterocycles. The topological polar surface area (TPSA) is 29.5 Å². The predicted molar refractivity (Wildman–Crippen MR) is 106 cm³/mol. The van der Waals surface area contributed by atoms with E-state index >= 15 is 0 Å². The molecule has 25 heavy (non-hydrogen) atoms. The Morgan fingerprint density at radius 2 is 1.92 bits per heavy atom. The molecule has 3 nitrogen and oxygen atoms in total. The van der Waals surface area contributed by atoms with Crippen molar-refractivity contribution in [1.29, 1.82) is 0 Å². The van der Waals surface area contributed by atoms with Crippen molar-refractivity contribution in [2.45, 2.75) is 58.1 Å². The standard InChI is InChI=1S/C21H29NO2Si/c1-18(23)24-21-13-11-20(12-14-21)22(15-8-16-25(2,3)4)17-19-9-6-5-7-10-19/h5-7,9-11,13,20-21H,12,14-15,17H2,1-4H3/t20-,21-/m1/s1. The van der Waals surface area contributed by atoms with Gasteiger partial charge in [0.2, 0.25) is 0 Å². The fourth-order valence-corrected chi connectivity index (χ4v) is 3.52. The average Bonchev–Trinajstić information content (AvgIpc) is 2.54. The highest BCUT2D eigenvalue weighted by atomic mass is 28.3. The van der Waals surface area contributed by atoms with Gasteiger partial charge in [0.1, 0.15) is 14.2 Å². The van der Waals surface area contributed by atoms with E-state index in [1.54, 1.807) is 0 Å². The van der Waals surface area contributed by atoms with Crippen LogP contribution in [-0.2, 0) is 16.1 Å². The highest BCUT2D eigenvalue weighted by Crippen LogP contribution is 2.21. The Morgan fingerprint density at radius 3 is 2.48 bits per heavy atom. The van der Waals surface area contributed by atoms with Gasteiger partial charge in [-0.25, -0.2) is 0 Å². The first-order valence-corrected chi connectivity index (χ1v) is 12.5. The molecule has 1 aromatic rings. The number of esters is 1. The number of nitrogens with zero attached hydrogens (tertiary/aromatic N) is 1. The molecule has 134 valence electrons. The highest BCUT2D eigenvalue weighted by molar-refractivity contribution is 6.83. The van der Waals surface area contributed by atoms with E-state index in [2.05, 4.69) is 66.3 Å². The molecule has 0 aromatic heterocycles. The normalized spacial score (nSPS) is 20.0. The predicted octanol–water partition coefficient (Wildman–Crippen LogP) is 4.02. The van der Waals surface area contributed by atoms with Gasteiger partial charge in [-0.05, 0) is 24.5 Å². The van der Waals surface area contributed by atoms with E-state index in [-0.39, 0.29) is 12.1 Å². The van der Waals surface area contributed by atoms with Gasteiger partial charge in [-0.2, -0.15) is 0 Å². The molecule has 1 aliphatic carbocycles. The smallest absolute Gasteiger partial charge is 0.303 e. The summed E-state index contributed by atoms with van der Waals surface area (Å²) in [5, 5.41) is 0. The Labute approximate surface area is 153 Å². The molecule has 4 heteroatoms. The fraction of sp³-hybridized carbons (Fsp3) is 0.476. The molecule has 2 atom stereocenters. The molecular formula is C21H29NO2Si. The molecule has 0 saturated carbocycles. The number of hydrogen-bond acceptors (Lipinski definition) is 3. The van der Waals surface area contributed by atoms with Crippen LogP contribution < -0.4 is 0 Å². The van der Waals surface area contributed by atoms with Crippen molar-refractivity contribution in [2.24, 2.45) is 0 Å². The minimum absolute atomic E-state index is 0.0830. The summed E-state index contributed by atoms with van der Waals surface area (Å²) in [5.41, 5.74) is 4.76. The van der Waals surface area contributed by atoms with Gasteiger partial charge >= 0.3 is 5.97 Å². The van der Waals surface area contributed by atoms with Crippen LogP contribution in [0, 0.1) is 11.5 Å². The van der Waals surface area contributed by atoms with Crippen molar-refractivity contribution in [3.63, 3.8) is 0 Å². The van der Waals surface area contributed by atoms with E-state index in [4.69, 9.17) is 4.74 Å². The lowest BCUT2D eigenvalue weighted by Gasteiger charge is -2.32. The minimum Gasteiger partial charge on any atom is -0.458 e. The number of carbonyl (C=O) groups excluding carboxylic acids is 1. The Morgan fingerprint density at radius 1 is 1.20 bits per heavy atom. The van der Waals surface area contributed by atoms with Crippen LogP contribution in [0.1, 0.15) is 25.3 Å². The summed E-state index contributed by atoms with van der Waals surface area (Å²) in [6, 6.07) is 10.9. The molecule has 0 spiro atoms. The number of rotatable bonds is 5. The third kappa shape index (κ3) is 7.29. The zero-order valence-electron chi connectivity index (χ0n) is 15.8. The van der Waals surface area contributed by atoms with Crippen LogP contribution in [-0.4, -0.2) is 37.6 Å². The maximum atomic E-state index is 11.1. The monoisotopic (exact) mass is 355 g/mol. The van der Waals surface area contributed by atoms with Crippen LogP contribution in [0.15, 0.2) is 42.5 Å². The van der Waals surface area contributed by atoms with E-state index in [0.717, 1.165) is 25.9 Å². The first kappa shape index (κ1) is 19.5. The Bertz CT molecular complexity index is 652. The molecule has 0 bridgehead atoms. The lowest BCUT2D eigenvalue weighted by atomic mass is 9.98. The Balaban J connectivity index is 2.08. The SMILES string of the molecule is CC(=O)O[C@@H]1C=C[C@@H](N(CC#C[Si](C)(C)C)Cc2ccccc2)CC1. The van der Waals surface area contributed by atoms with Crippen LogP contribution >= 0.6 is 0 Å². The van der Waals surface area contributed by atoms with Crippen LogP contribution in [0.5, 0.6) is 0 Å². The van der Waals surface area contributed by atoms with E-state index in [9.17, 15) is 4.79 Å². The maximum Gasteiger partial charge on any atom is 0.303 e. The van der Waals surface area contributed by atoms with Crippen molar-refractivity contribution in [3.8, 4) is 11.5 Å². The molecule has 0 unspecified atom stereocenters. The van der Waals surface area contributed by atoms with Gasteiger partial charge < -0.3 is 4.74 Å². The average molecular weight is 356 g/mol. The first-order valence-electron chi connectivity index (χ1n) is 8.97. The van der Waals surface area contributed by atoms with Gasteiger partial charge in [-0.1, -0.05) is 62.0 Å². The largest absolute Gasteiger partial charge is 0.458 e. The molecule has 0 amide bonds. The fourth-order valence-electron chi connectivity index (χ4n) is 2.91. The zero-order chi connectivity index (χ0) is 18.3. The Kier molecular flexibility index (Phi) is 7.04. The van der Waals surface area contributed by atoms with E-state index in [1.165, 1.54) is 12.5 Å². The second-order valence-electron chi connectivity index (χ2n) is 7.62. The molecule has 0 N–H and O–H groups in total. The third-order valence-corrected chi connectivity index (χ3v) is 4.98. The number of carbonyl (C=O) groups is 1. The van der Waals surface area contributed by atoms with Crippen LogP contribution in [0.2, 0.25) is 19.6 Å². The summed E-state index contributed by atoms with van der Waals surface area (Å²) in [5.74, 6) is 3.19. The third-order valence-electron chi connectivity index (χ3n) is 4.06. The molecule has 1 aliphatic rings. The summed E-state index contributed by atoms with van der Waals surface area (Å²) in [4.78, 5) is 13.5. The molecule has 0 heterocycles. The molecule has 2 rings (SSSR count). The summed E-state index contributed by atoms with van der Waals surface area (Å²) < 4.78 is 5.30. The minimum atomic E-state index is -1.36. The van der Waals surface area contributed by atoms with Gasteiger partial charge in [-0.3, -0.25) is 9.69 Å². The molecular weight excluding hydrogens is 326 g/mol. The highest BCUT2D eigenvalue weighted by Gasteiger charge is 2.22. The van der Waals surface area contributed by atoms with Crippen LogP contribution in [0.25, 0.3) is 0 Å². The second-order valence-corrected chi connectivity index (χ2v) is 12.4. The van der Waals surface area contributed by atoms with Gasteiger partial charge in [-0.15, -0.1) is 5.54 Å². The van der Waals surface area contributed by atoms with Gasteiger partial charge in [0.15, 0.2) is 0 Å². The maximum absolute atomic E-state index is 11.1. The van der Waals surface area contributed by atoms with Gasteiger partial charge in [0.25, 0.3) is 0 Å². The van der Waals surface area contributed by atoms with Crippen molar-refractivity contribution >= 4 is 14.0 Å². The number of ether oxygens (including phenoxy) is 1. The van der Waals surface area contributed by atoms with E-state index in [1.807, 2.05) is 12.1 Å². The van der Waals surface area contributed by atoms with E-state index in [0.29, 0.717) is 6.04 Å². The number of benzene rings is 1. The molecule has 1 aromatic carbocycles. The molecule has 0 fully saturated rings. The Hall–Kier alpha value is -1.83. The van der Waals surface area contributed by atoms with Crippen LogP contribution in [0.3, 0.4) is 0 Å². The molecule has 0 saturated heterocycles. The van der Waals surface area contributed by atoms with E-state index < -0.39 is 8.07 Å². The second kappa shape index (κ2) is 9.03. The summed E-state index contributed by atoms with van der Waals surface area (Å²) in [6.07, 6.45) is 5.97. The summed E-state index contributed by atoms with van der Waals surface area (Å²) in [6.45, 7) is 9.93. The lowest BCUT2D eigenvalue weighted by molar-refractivity contribution is -0.144. The quantitative estimate of drug-likeness (QED) is 0.346. The molecule has 0 radical (unpaired) electrons.